The van der Waals surface area contributed by atoms with E-state index in [1.54, 1.807) is 0 Å². The van der Waals surface area contributed by atoms with Crippen LogP contribution in [0.2, 0.25) is 0 Å². The summed E-state index contributed by atoms with van der Waals surface area (Å²) in [4.78, 5) is 38.2. The zero-order valence-corrected chi connectivity index (χ0v) is 51.0. The van der Waals surface area contributed by atoms with Crippen molar-refractivity contribution in [1.29, 1.82) is 0 Å². The first-order chi connectivity index (χ1) is 37.5. The van der Waals surface area contributed by atoms with Crippen LogP contribution in [-0.4, -0.2) is 37.2 Å². The van der Waals surface area contributed by atoms with Crippen LogP contribution in [0.25, 0.3) is 0 Å². The van der Waals surface area contributed by atoms with Gasteiger partial charge in [0.25, 0.3) is 0 Å². The maximum atomic E-state index is 12.9. The summed E-state index contributed by atoms with van der Waals surface area (Å²) in [6.45, 7) is 6.64. The number of carbonyl (C=O) groups excluding carboxylic acids is 3. The summed E-state index contributed by atoms with van der Waals surface area (Å²) in [5.74, 6) is -0.859. The molecule has 0 aromatic rings. The van der Waals surface area contributed by atoms with Crippen LogP contribution in [0.15, 0.2) is 48.6 Å². The number of hydrogen-bond acceptors (Lipinski definition) is 6. The van der Waals surface area contributed by atoms with E-state index in [9.17, 15) is 14.4 Å². The van der Waals surface area contributed by atoms with Crippen LogP contribution in [0.1, 0.15) is 361 Å². The molecule has 0 fully saturated rings. The van der Waals surface area contributed by atoms with Gasteiger partial charge < -0.3 is 14.2 Å². The first-order valence-corrected chi connectivity index (χ1v) is 33.6. The van der Waals surface area contributed by atoms with Gasteiger partial charge in [0.2, 0.25) is 0 Å². The zero-order chi connectivity index (χ0) is 55.0. The third-order valence-electron chi connectivity index (χ3n) is 15.1. The molecule has 1 unspecified atom stereocenters. The third kappa shape index (κ3) is 62.2. The highest BCUT2D eigenvalue weighted by atomic mass is 16.6. The Labute approximate surface area is 473 Å². The van der Waals surface area contributed by atoms with Crippen molar-refractivity contribution in [3.05, 3.63) is 48.6 Å². The smallest absolute Gasteiger partial charge is 0.306 e. The highest BCUT2D eigenvalue weighted by Gasteiger charge is 2.19. The van der Waals surface area contributed by atoms with Crippen molar-refractivity contribution in [3.63, 3.8) is 0 Å². The van der Waals surface area contributed by atoms with E-state index in [4.69, 9.17) is 14.2 Å². The van der Waals surface area contributed by atoms with Gasteiger partial charge in [0, 0.05) is 19.3 Å². The number of carbonyl (C=O) groups is 3. The van der Waals surface area contributed by atoms with Crippen LogP contribution in [0, 0.1) is 0 Å². The minimum atomic E-state index is -0.772. The second-order valence-electron chi connectivity index (χ2n) is 22.7. The van der Waals surface area contributed by atoms with Crippen molar-refractivity contribution in [2.45, 2.75) is 367 Å². The Morgan fingerprint density at radius 2 is 0.474 bits per heavy atom. The normalized spacial score (nSPS) is 12.3. The monoisotopic (exact) mass is 1060 g/mol. The van der Waals surface area contributed by atoms with Crippen LogP contribution in [0.4, 0.5) is 0 Å². The first kappa shape index (κ1) is 73.4. The Bertz CT molecular complexity index is 1310. The fourth-order valence-electron chi connectivity index (χ4n) is 9.98. The van der Waals surface area contributed by atoms with E-state index >= 15 is 0 Å². The van der Waals surface area contributed by atoms with Gasteiger partial charge in [-0.3, -0.25) is 14.4 Å². The molecule has 0 rings (SSSR count). The number of allylic oxidation sites excluding steroid dienone is 8. The van der Waals surface area contributed by atoms with E-state index in [1.807, 2.05) is 0 Å². The number of rotatable bonds is 62. The average molecular weight is 1070 g/mol. The lowest BCUT2D eigenvalue weighted by Crippen LogP contribution is -2.30. The molecule has 1 atom stereocenters. The van der Waals surface area contributed by atoms with Gasteiger partial charge in [-0.2, -0.15) is 0 Å². The summed E-state index contributed by atoms with van der Waals surface area (Å²) in [5.41, 5.74) is 0. The molecule has 0 aromatic carbocycles. The molecule has 0 saturated carbocycles. The summed E-state index contributed by atoms with van der Waals surface area (Å²) in [6.07, 6.45) is 81.4. The summed E-state index contributed by atoms with van der Waals surface area (Å²) in [5, 5.41) is 0. The highest BCUT2D eigenvalue weighted by molar-refractivity contribution is 5.71. The Morgan fingerprint density at radius 3 is 0.776 bits per heavy atom. The van der Waals surface area contributed by atoms with Crippen molar-refractivity contribution in [1.82, 2.24) is 0 Å². The topological polar surface area (TPSA) is 78.9 Å². The van der Waals surface area contributed by atoms with Crippen molar-refractivity contribution < 1.29 is 28.6 Å². The quantitative estimate of drug-likeness (QED) is 0.0261. The maximum absolute atomic E-state index is 12.9. The molecular formula is C70H128O6. The Balaban J connectivity index is 4.06. The van der Waals surface area contributed by atoms with Crippen molar-refractivity contribution >= 4 is 17.9 Å². The molecule has 76 heavy (non-hydrogen) atoms. The van der Waals surface area contributed by atoms with Crippen molar-refractivity contribution in [2.24, 2.45) is 0 Å². The molecular weight excluding hydrogens is 937 g/mol. The van der Waals surface area contributed by atoms with Crippen LogP contribution in [-0.2, 0) is 28.6 Å². The standard InChI is InChI=1S/C70H128O6/c1-4-7-10-13-16-19-22-25-26-27-28-29-30-31-32-33-34-35-36-37-38-39-40-41-42-43-44-46-48-51-54-57-60-63-69(72)75-66-67(65-74-68(71)62-59-56-53-50-47-24-21-18-15-12-9-6-3)76-70(73)64-61-58-55-52-49-45-23-20-17-14-11-8-5-2/h18,21-22,25,27-28,30-31,67H,4-17,19-20,23-24,26,29,32-66H2,1-3H3/b21-18-,25-22-,28-27-,31-30-. The Kier molecular flexibility index (Phi) is 62.6. The van der Waals surface area contributed by atoms with E-state index < -0.39 is 6.10 Å². The van der Waals surface area contributed by atoms with Gasteiger partial charge in [0.15, 0.2) is 6.10 Å². The van der Waals surface area contributed by atoms with Gasteiger partial charge in [-0.25, -0.2) is 0 Å². The number of ether oxygens (including phenoxy) is 3. The van der Waals surface area contributed by atoms with E-state index in [1.165, 1.54) is 244 Å². The van der Waals surface area contributed by atoms with E-state index in [0.717, 1.165) is 77.0 Å². The predicted octanol–water partition coefficient (Wildman–Crippen LogP) is 22.9. The van der Waals surface area contributed by atoms with Crippen molar-refractivity contribution in [2.75, 3.05) is 13.2 Å². The zero-order valence-electron chi connectivity index (χ0n) is 51.0. The van der Waals surface area contributed by atoms with E-state index in [0.29, 0.717) is 19.3 Å². The molecule has 0 bridgehead atoms. The minimum Gasteiger partial charge on any atom is -0.462 e. The van der Waals surface area contributed by atoms with Gasteiger partial charge in [-0.15, -0.1) is 0 Å². The molecule has 0 spiro atoms. The summed E-state index contributed by atoms with van der Waals surface area (Å²) in [6, 6.07) is 0. The fourth-order valence-corrected chi connectivity index (χ4v) is 9.98. The average Bonchev–Trinajstić information content (AvgIpc) is 3.42. The molecule has 0 aliphatic rings. The van der Waals surface area contributed by atoms with Crippen molar-refractivity contribution in [3.8, 4) is 0 Å². The van der Waals surface area contributed by atoms with Gasteiger partial charge in [-0.1, -0.05) is 307 Å². The molecule has 0 aromatic heterocycles. The van der Waals surface area contributed by atoms with Crippen LogP contribution in [0.5, 0.6) is 0 Å². The molecule has 0 saturated heterocycles. The molecule has 0 radical (unpaired) electrons. The van der Waals surface area contributed by atoms with E-state index in [-0.39, 0.29) is 31.1 Å². The fraction of sp³-hybridized carbons (Fsp3) is 0.843. The molecule has 444 valence electrons. The number of hydrogen-bond donors (Lipinski definition) is 0. The van der Waals surface area contributed by atoms with Gasteiger partial charge in [0.05, 0.1) is 0 Å². The van der Waals surface area contributed by atoms with Gasteiger partial charge >= 0.3 is 17.9 Å². The lowest BCUT2D eigenvalue weighted by atomic mass is 10.0. The van der Waals surface area contributed by atoms with Crippen LogP contribution >= 0.6 is 0 Å². The molecule has 6 heteroatoms. The molecule has 0 aliphatic carbocycles. The number of esters is 3. The maximum Gasteiger partial charge on any atom is 0.306 e. The molecule has 0 amide bonds. The van der Waals surface area contributed by atoms with Gasteiger partial charge in [0.1, 0.15) is 13.2 Å². The molecule has 0 aliphatic heterocycles. The summed E-state index contributed by atoms with van der Waals surface area (Å²) >= 11 is 0. The second-order valence-corrected chi connectivity index (χ2v) is 22.7. The summed E-state index contributed by atoms with van der Waals surface area (Å²) in [7, 11) is 0. The molecule has 6 nitrogen and oxygen atoms in total. The third-order valence-corrected chi connectivity index (χ3v) is 15.1. The minimum absolute atomic E-state index is 0.0704. The van der Waals surface area contributed by atoms with Crippen LogP contribution < -0.4 is 0 Å². The first-order valence-electron chi connectivity index (χ1n) is 33.6. The Hall–Kier alpha value is -2.63. The summed E-state index contributed by atoms with van der Waals surface area (Å²) < 4.78 is 16.9. The highest BCUT2D eigenvalue weighted by Crippen LogP contribution is 2.18. The predicted molar refractivity (Wildman–Crippen MR) is 330 cm³/mol. The lowest BCUT2D eigenvalue weighted by Gasteiger charge is -2.18. The number of unbranched alkanes of at least 4 members (excludes halogenated alkanes) is 43. The van der Waals surface area contributed by atoms with Gasteiger partial charge in [-0.05, 0) is 83.5 Å². The van der Waals surface area contributed by atoms with Crippen LogP contribution in [0.3, 0.4) is 0 Å². The molecule has 0 heterocycles. The van der Waals surface area contributed by atoms with E-state index in [2.05, 4.69) is 69.4 Å². The lowest BCUT2D eigenvalue weighted by molar-refractivity contribution is -0.167. The second kappa shape index (κ2) is 64.9. The molecule has 0 N–H and O–H groups in total. The Morgan fingerprint density at radius 1 is 0.263 bits per heavy atom. The largest absolute Gasteiger partial charge is 0.462 e. The SMILES string of the molecule is CCCCC/C=C\CCCCCCCC(=O)OCC(COC(=O)CCCCCCCCCCCCCCCCCCCC/C=C\C/C=C\C/C=C\CCCCCCC)OC(=O)CCCCCCCCCCCCCCC.